The van der Waals surface area contributed by atoms with Gasteiger partial charge in [0.25, 0.3) is 0 Å². The SMILES string of the molecule is CC1(C)COB(c2cc(C(=O)OCc3ccccc3)ccc2Cl)OC1. The highest BCUT2D eigenvalue weighted by Crippen LogP contribution is 2.23. The molecule has 1 heterocycles. The van der Waals surface area contributed by atoms with Gasteiger partial charge in [-0.3, -0.25) is 0 Å². The predicted molar refractivity (Wildman–Crippen MR) is 98.1 cm³/mol. The van der Waals surface area contributed by atoms with E-state index in [9.17, 15) is 4.79 Å². The number of halogens is 1. The number of carbonyl (C=O) groups is 1. The molecule has 0 aliphatic carbocycles. The molecule has 0 spiro atoms. The molecular weight excluding hydrogens is 338 g/mol. The van der Waals surface area contributed by atoms with E-state index < -0.39 is 13.1 Å². The molecule has 25 heavy (non-hydrogen) atoms. The maximum absolute atomic E-state index is 12.3. The first-order valence-electron chi connectivity index (χ1n) is 8.18. The average Bonchev–Trinajstić information content (AvgIpc) is 2.61. The molecule has 2 aromatic rings. The van der Waals surface area contributed by atoms with Crippen LogP contribution < -0.4 is 5.46 Å². The molecule has 0 unspecified atom stereocenters. The van der Waals surface area contributed by atoms with Gasteiger partial charge in [-0.05, 0) is 23.8 Å². The van der Waals surface area contributed by atoms with E-state index in [1.807, 2.05) is 30.3 Å². The second-order valence-corrected chi connectivity index (χ2v) is 7.32. The van der Waals surface area contributed by atoms with Gasteiger partial charge in [-0.25, -0.2) is 4.79 Å². The maximum atomic E-state index is 12.3. The fourth-order valence-corrected chi connectivity index (χ4v) is 2.74. The van der Waals surface area contributed by atoms with Crippen molar-refractivity contribution in [1.29, 1.82) is 0 Å². The first-order valence-corrected chi connectivity index (χ1v) is 8.56. The Morgan fingerprint density at radius 1 is 1.16 bits per heavy atom. The van der Waals surface area contributed by atoms with Crippen LogP contribution in [0.5, 0.6) is 0 Å². The molecule has 130 valence electrons. The van der Waals surface area contributed by atoms with Crippen LogP contribution in [0.2, 0.25) is 5.02 Å². The molecule has 0 bridgehead atoms. The zero-order valence-electron chi connectivity index (χ0n) is 14.3. The molecule has 1 aliphatic rings. The van der Waals surface area contributed by atoms with Crippen LogP contribution in [0.3, 0.4) is 0 Å². The summed E-state index contributed by atoms with van der Waals surface area (Å²) in [6.07, 6.45) is 0. The lowest BCUT2D eigenvalue weighted by atomic mass is 9.75. The molecule has 1 fully saturated rings. The minimum Gasteiger partial charge on any atom is -0.457 e. The number of hydrogen-bond acceptors (Lipinski definition) is 4. The van der Waals surface area contributed by atoms with E-state index in [-0.39, 0.29) is 12.0 Å². The first-order chi connectivity index (χ1) is 11.9. The van der Waals surface area contributed by atoms with Crippen molar-refractivity contribution in [2.45, 2.75) is 20.5 Å². The van der Waals surface area contributed by atoms with E-state index in [4.69, 9.17) is 25.6 Å². The van der Waals surface area contributed by atoms with Crippen LogP contribution in [-0.2, 0) is 20.7 Å². The summed E-state index contributed by atoms with van der Waals surface area (Å²) in [5, 5.41) is 0.504. The van der Waals surface area contributed by atoms with Crippen molar-refractivity contribution in [1.82, 2.24) is 0 Å². The monoisotopic (exact) mass is 358 g/mol. The van der Waals surface area contributed by atoms with Crippen molar-refractivity contribution in [3.8, 4) is 0 Å². The van der Waals surface area contributed by atoms with Crippen LogP contribution in [-0.4, -0.2) is 26.3 Å². The largest absolute Gasteiger partial charge is 0.495 e. The summed E-state index contributed by atoms with van der Waals surface area (Å²) in [4.78, 5) is 12.3. The van der Waals surface area contributed by atoms with E-state index >= 15 is 0 Å². The molecule has 2 aromatic carbocycles. The highest BCUT2D eigenvalue weighted by molar-refractivity contribution is 6.65. The highest BCUT2D eigenvalue weighted by Gasteiger charge is 2.35. The van der Waals surface area contributed by atoms with Gasteiger partial charge in [0.15, 0.2) is 0 Å². The van der Waals surface area contributed by atoms with Crippen molar-refractivity contribution in [3.05, 3.63) is 64.7 Å². The topological polar surface area (TPSA) is 44.8 Å². The molecular formula is C19H20BClO4. The number of carbonyl (C=O) groups excluding carboxylic acids is 1. The molecule has 0 saturated carbocycles. The van der Waals surface area contributed by atoms with Crippen LogP contribution in [0.15, 0.2) is 48.5 Å². The van der Waals surface area contributed by atoms with Crippen molar-refractivity contribution < 1.29 is 18.8 Å². The Kier molecular flexibility index (Phi) is 5.47. The third-order valence-electron chi connectivity index (χ3n) is 3.95. The molecule has 0 amide bonds. The average molecular weight is 359 g/mol. The van der Waals surface area contributed by atoms with Gasteiger partial charge in [0.05, 0.1) is 5.56 Å². The number of benzene rings is 2. The van der Waals surface area contributed by atoms with E-state index in [1.54, 1.807) is 18.2 Å². The Bertz CT molecular complexity index is 738. The molecule has 0 radical (unpaired) electrons. The van der Waals surface area contributed by atoms with E-state index in [0.717, 1.165) is 5.56 Å². The van der Waals surface area contributed by atoms with Gasteiger partial charge in [0, 0.05) is 29.1 Å². The highest BCUT2D eigenvalue weighted by atomic mass is 35.5. The molecule has 0 aromatic heterocycles. The smallest absolute Gasteiger partial charge is 0.457 e. The Balaban J connectivity index is 1.69. The lowest BCUT2D eigenvalue weighted by Crippen LogP contribution is -2.48. The summed E-state index contributed by atoms with van der Waals surface area (Å²) in [5.74, 6) is -0.405. The zero-order valence-corrected chi connectivity index (χ0v) is 15.1. The molecule has 1 saturated heterocycles. The summed E-state index contributed by atoms with van der Waals surface area (Å²) in [6.45, 7) is 5.50. The molecule has 6 heteroatoms. The molecule has 4 nitrogen and oxygen atoms in total. The van der Waals surface area contributed by atoms with Crippen LogP contribution in [0.4, 0.5) is 0 Å². The maximum Gasteiger partial charge on any atom is 0.495 e. The van der Waals surface area contributed by atoms with Gasteiger partial charge >= 0.3 is 13.1 Å². The van der Waals surface area contributed by atoms with Crippen molar-refractivity contribution in [2.75, 3.05) is 13.2 Å². The third-order valence-corrected chi connectivity index (χ3v) is 4.29. The lowest BCUT2D eigenvalue weighted by molar-refractivity contribution is 0.0343. The molecule has 3 rings (SSSR count). The van der Waals surface area contributed by atoms with Gasteiger partial charge in [-0.15, -0.1) is 0 Å². The predicted octanol–water partition coefficient (Wildman–Crippen LogP) is 3.47. The zero-order chi connectivity index (χ0) is 17.9. The van der Waals surface area contributed by atoms with Gasteiger partial charge < -0.3 is 14.0 Å². The summed E-state index contributed by atoms with van der Waals surface area (Å²) < 4.78 is 16.9. The number of ether oxygens (including phenoxy) is 1. The van der Waals surface area contributed by atoms with Crippen molar-refractivity contribution in [2.24, 2.45) is 5.41 Å². The molecule has 0 N–H and O–H groups in total. The Labute approximate surface area is 153 Å². The Morgan fingerprint density at radius 3 is 2.52 bits per heavy atom. The standard InChI is InChI=1S/C19H20BClO4/c1-19(2)12-24-20(25-13-19)16-10-15(8-9-17(16)21)18(22)23-11-14-6-4-3-5-7-14/h3-10H,11-13H2,1-2H3. The van der Waals surface area contributed by atoms with Crippen molar-refractivity contribution in [3.63, 3.8) is 0 Å². The summed E-state index contributed by atoms with van der Waals surface area (Å²) in [5.41, 5.74) is 1.97. The minimum absolute atomic E-state index is 0.0325. The van der Waals surface area contributed by atoms with E-state index in [2.05, 4.69) is 13.8 Å². The number of hydrogen-bond donors (Lipinski definition) is 0. The number of rotatable bonds is 4. The van der Waals surface area contributed by atoms with Crippen LogP contribution in [0.1, 0.15) is 29.8 Å². The molecule has 0 atom stereocenters. The minimum atomic E-state index is -0.567. The van der Waals surface area contributed by atoms with Crippen LogP contribution in [0, 0.1) is 5.41 Å². The van der Waals surface area contributed by atoms with Gasteiger partial charge in [-0.2, -0.15) is 0 Å². The second kappa shape index (κ2) is 7.60. The van der Waals surface area contributed by atoms with E-state index in [1.165, 1.54) is 0 Å². The van der Waals surface area contributed by atoms with Crippen LogP contribution >= 0.6 is 11.6 Å². The Hall–Kier alpha value is -1.82. The van der Waals surface area contributed by atoms with E-state index in [0.29, 0.717) is 29.3 Å². The third kappa shape index (κ3) is 4.63. The summed E-state index contributed by atoms with van der Waals surface area (Å²) >= 11 is 6.27. The fourth-order valence-electron chi connectivity index (χ4n) is 2.53. The van der Waals surface area contributed by atoms with Gasteiger partial charge in [-0.1, -0.05) is 55.8 Å². The lowest BCUT2D eigenvalue weighted by Gasteiger charge is -2.33. The van der Waals surface area contributed by atoms with Crippen molar-refractivity contribution >= 4 is 30.2 Å². The second-order valence-electron chi connectivity index (χ2n) is 6.92. The van der Waals surface area contributed by atoms with Crippen LogP contribution in [0.25, 0.3) is 0 Å². The number of esters is 1. The Morgan fingerprint density at radius 2 is 1.84 bits per heavy atom. The van der Waals surface area contributed by atoms with Gasteiger partial charge in [0.1, 0.15) is 6.61 Å². The first kappa shape index (κ1) is 18.0. The van der Waals surface area contributed by atoms with Gasteiger partial charge in [0.2, 0.25) is 0 Å². The quantitative estimate of drug-likeness (QED) is 0.620. The fraction of sp³-hybridized carbons (Fsp3) is 0.316. The summed E-state index contributed by atoms with van der Waals surface area (Å²) in [6, 6.07) is 14.5. The normalized spacial score (nSPS) is 16.5. The summed E-state index contributed by atoms with van der Waals surface area (Å²) in [7, 11) is -0.567. The molecule has 1 aliphatic heterocycles.